The lowest BCUT2D eigenvalue weighted by Gasteiger charge is -2.34. The van der Waals surface area contributed by atoms with Crippen molar-refractivity contribution in [3.8, 4) is 0 Å². The van der Waals surface area contributed by atoms with Crippen LogP contribution in [0.15, 0.2) is 24.3 Å². The fourth-order valence-electron chi connectivity index (χ4n) is 2.29. The van der Waals surface area contributed by atoms with Crippen molar-refractivity contribution in [2.75, 3.05) is 18.8 Å². The molecule has 1 fully saturated rings. The number of hydrogen-bond donors (Lipinski definition) is 3. The van der Waals surface area contributed by atoms with Crippen LogP contribution in [0.1, 0.15) is 12.0 Å². The number of anilines is 1. The Bertz CT molecular complexity index is 556. The van der Waals surface area contributed by atoms with Crippen LogP contribution in [0.4, 0.5) is 5.69 Å². The minimum absolute atomic E-state index is 0.115. The molecular formula is C14H17N3O4. The summed E-state index contributed by atoms with van der Waals surface area (Å²) in [5.74, 6) is -1.79. The maximum atomic E-state index is 12.3. The lowest BCUT2D eigenvalue weighted by molar-refractivity contribution is -0.148. The van der Waals surface area contributed by atoms with Gasteiger partial charge in [-0.25, -0.2) is 0 Å². The lowest BCUT2D eigenvalue weighted by atomic mass is 10.1. The second kappa shape index (κ2) is 6.25. The van der Waals surface area contributed by atoms with Gasteiger partial charge in [-0.15, -0.1) is 0 Å². The molecule has 0 saturated carbocycles. The van der Waals surface area contributed by atoms with Gasteiger partial charge in [-0.1, -0.05) is 12.1 Å². The third-order valence-electron chi connectivity index (χ3n) is 3.35. The van der Waals surface area contributed by atoms with E-state index in [1.165, 1.54) is 4.90 Å². The van der Waals surface area contributed by atoms with Crippen molar-refractivity contribution in [2.45, 2.75) is 18.9 Å². The van der Waals surface area contributed by atoms with Crippen molar-refractivity contribution in [2.24, 2.45) is 0 Å². The smallest absolute Gasteiger partial charge is 0.305 e. The van der Waals surface area contributed by atoms with Crippen LogP contribution in [0.2, 0.25) is 0 Å². The van der Waals surface area contributed by atoms with Gasteiger partial charge in [0.15, 0.2) is 0 Å². The molecule has 1 atom stereocenters. The second-order valence-corrected chi connectivity index (χ2v) is 4.91. The first-order valence-electron chi connectivity index (χ1n) is 6.61. The molecule has 1 aliphatic heterocycles. The van der Waals surface area contributed by atoms with E-state index in [4.69, 9.17) is 10.8 Å². The zero-order valence-electron chi connectivity index (χ0n) is 11.4. The molecule has 1 aromatic carbocycles. The Hall–Kier alpha value is -2.57. The van der Waals surface area contributed by atoms with Gasteiger partial charge in [0, 0.05) is 18.8 Å². The van der Waals surface area contributed by atoms with Gasteiger partial charge >= 0.3 is 5.97 Å². The first-order valence-corrected chi connectivity index (χ1v) is 6.61. The molecular weight excluding hydrogens is 274 g/mol. The summed E-state index contributed by atoms with van der Waals surface area (Å²) >= 11 is 0. The number of carbonyl (C=O) groups is 3. The predicted octanol–water partition coefficient (Wildman–Crippen LogP) is -0.387. The van der Waals surface area contributed by atoms with Crippen molar-refractivity contribution < 1.29 is 19.5 Å². The number of amides is 2. The quantitative estimate of drug-likeness (QED) is 0.654. The largest absolute Gasteiger partial charge is 0.481 e. The molecule has 21 heavy (non-hydrogen) atoms. The standard InChI is InChI=1S/C14H17N3O4/c15-10-3-1-9(2-4-10)7-12(18)17-6-5-16-14(21)11(17)8-13(19)20/h1-4,11H,5-8,15H2,(H,16,21)(H,19,20). The van der Waals surface area contributed by atoms with Crippen LogP contribution in [0.5, 0.6) is 0 Å². The molecule has 2 amide bonds. The molecule has 0 bridgehead atoms. The number of carbonyl (C=O) groups excluding carboxylic acids is 2. The Kier molecular flexibility index (Phi) is 4.42. The monoisotopic (exact) mass is 291 g/mol. The van der Waals surface area contributed by atoms with E-state index < -0.39 is 17.9 Å². The molecule has 1 saturated heterocycles. The number of nitrogens with zero attached hydrogens (tertiary/aromatic N) is 1. The summed E-state index contributed by atoms with van der Waals surface area (Å²) in [6, 6.07) is 5.92. The van der Waals surface area contributed by atoms with E-state index in [1.807, 2.05) is 0 Å². The van der Waals surface area contributed by atoms with E-state index in [-0.39, 0.29) is 18.7 Å². The average Bonchev–Trinajstić information content (AvgIpc) is 2.43. The van der Waals surface area contributed by atoms with Gasteiger partial charge in [0.2, 0.25) is 11.8 Å². The summed E-state index contributed by atoms with van der Waals surface area (Å²) in [6.45, 7) is 0.653. The van der Waals surface area contributed by atoms with Crippen LogP contribution >= 0.6 is 0 Å². The molecule has 1 heterocycles. The summed E-state index contributed by atoms with van der Waals surface area (Å²) in [4.78, 5) is 36.3. The van der Waals surface area contributed by atoms with Gasteiger partial charge in [0.05, 0.1) is 12.8 Å². The van der Waals surface area contributed by atoms with Gasteiger partial charge < -0.3 is 21.1 Å². The Labute approximate surface area is 121 Å². The summed E-state index contributed by atoms with van der Waals surface area (Å²) < 4.78 is 0. The summed E-state index contributed by atoms with van der Waals surface area (Å²) in [6.07, 6.45) is -0.275. The topological polar surface area (TPSA) is 113 Å². The number of nitrogens with one attached hydrogen (secondary N) is 1. The average molecular weight is 291 g/mol. The molecule has 0 aromatic heterocycles. The minimum atomic E-state index is -1.11. The van der Waals surface area contributed by atoms with Crippen LogP contribution < -0.4 is 11.1 Å². The molecule has 1 unspecified atom stereocenters. The fourth-order valence-corrected chi connectivity index (χ4v) is 2.29. The summed E-state index contributed by atoms with van der Waals surface area (Å²) in [5.41, 5.74) is 6.96. The van der Waals surface area contributed by atoms with E-state index in [9.17, 15) is 14.4 Å². The van der Waals surface area contributed by atoms with Gasteiger partial charge in [-0.2, -0.15) is 0 Å². The van der Waals surface area contributed by atoms with Crippen molar-refractivity contribution in [3.05, 3.63) is 29.8 Å². The highest BCUT2D eigenvalue weighted by molar-refractivity contribution is 5.92. The Morgan fingerprint density at radius 3 is 2.62 bits per heavy atom. The Morgan fingerprint density at radius 2 is 2.00 bits per heavy atom. The lowest BCUT2D eigenvalue weighted by Crippen LogP contribution is -2.58. The van der Waals surface area contributed by atoms with E-state index in [1.54, 1.807) is 24.3 Å². The molecule has 7 nitrogen and oxygen atoms in total. The van der Waals surface area contributed by atoms with Crippen LogP contribution in [0, 0.1) is 0 Å². The zero-order chi connectivity index (χ0) is 15.4. The van der Waals surface area contributed by atoms with Gasteiger partial charge in [-0.05, 0) is 17.7 Å². The number of piperazine rings is 1. The van der Waals surface area contributed by atoms with Crippen molar-refractivity contribution in [1.82, 2.24) is 10.2 Å². The molecule has 112 valence electrons. The number of aliphatic carboxylic acids is 1. The zero-order valence-corrected chi connectivity index (χ0v) is 11.4. The van der Waals surface area contributed by atoms with E-state index in [0.717, 1.165) is 5.56 Å². The first-order chi connectivity index (χ1) is 9.97. The third-order valence-corrected chi connectivity index (χ3v) is 3.35. The van der Waals surface area contributed by atoms with Crippen molar-refractivity contribution >= 4 is 23.5 Å². The van der Waals surface area contributed by atoms with Gasteiger partial charge in [0.1, 0.15) is 6.04 Å². The number of rotatable bonds is 4. The summed E-state index contributed by atoms with van der Waals surface area (Å²) in [5, 5.41) is 11.5. The fraction of sp³-hybridized carbons (Fsp3) is 0.357. The van der Waals surface area contributed by atoms with Gasteiger partial charge in [0.25, 0.3) is 0 Å². The molecule has 0 radical (unpaired) electrons. The normalized spacial score (nSPS) is 18.2. The molecule has 0 aliphatic carbocycles. The maximum Gasteiger partial charge on any atom is 0.305 e. The number of nitrogen functional groups attached to an aromatic ring is 1. The van der Waals surface area contributed by atoms with E-state index in [2.05, 4.69) is 5.32 Å². The Balaban J connectivity index is 2.09. The molecule has 0 spiro atoms. The SMILES string of the molecule is Nc1ccc(CC(=O)N2CCNC(=O)C2CC(=O)O)cc1. The number of carboxylic acid groups (broad SMARTS) is 1. The van der Waals surface area contributed by atoms with Crippen molar-refractivity contribution in [1.29, 1.82) is 0 Å². The maximum absolute atomic E-state index is 12.3. The van der Waals surface area contributed by atoms with Gasteiger partial charge in [-0.3, -0.25) is 14.4 Å². The third kappa shape index (κ3) is 3.71. The number of carboxylic acids is 1. The number of nitrogens with two attached hydrogens (primary N) is 1. The molecule has 1 aromatic rings. The highest BCUT2D eigenvalue weighted by atomic mass is 16.4. The predicted molar refractivity (Wildman–Crippen MR) is 75.3 cm³/mol. The highest BCUT2D eigenvalue weighted by Crippen LogP contribution is 2.13. The minimum Gasteiger partial charge on any atom is -0.481 e. The van der Waals surface area contributed by atoms with Crippen LogP contribution in [-0.2, 0) is 20.8 Å². The van der Waals surface area contributed by atoms with Crippen LogP contribution in [-0.4, -0.2) is 46.9 Å². The van der Waals surface area contributed by atoms with Crippen LogP contribution in [0.25, 0.3) is 0 Å². The number of benzene rings is 1. The highest BCUT2D eigenvalue weighted by Gasteiger charge is 2.34. The van der Waals surface area contributed by atoms with E-state index in [0.29, 0.717) is 18.8 Å². The summed E-state index contributed by atoms with van der Waals surface area (Å²) in [7, 11) is 0. The second-order valence-electron chi connectivity index (χ2n) is 4.91. The Morgan fingerprint density at radius 1 is 1.33 bits per heavy atom. The molecule has 7 heteroatoms. The first kappa shape index (κ1) is 14.8. The molecule has 1 aliphatic rings. The van der Waals surface area contributed by atoms with Crippen LogP contribution in [0.3, 0.4) is 0 Å². The van der Waals surface area contributed by atoms with E-state index >= 15 is 0 Å². The number of hydrogen-bond acceptors (Lipinski definition) is 4. The molecule has 2 rings (SSSR count). The molecule has 4 N–H and O–H groups in total. The van der Waals surface area contributed by atoms with Crippen molar-refractivity contribution in [3.63, 3.8) is 0 Å².